The molecule has 0 aliphatic carbocycles. The van der Waals surface area contributed by atoms with Crippen molar-refractivity contribution in [3.63, 3.8) is 0 Å². The lowest BCUT2D eigenvalue weighted by molar-refractivity contribution is -0.273. The SMILES string of the molecule is CC[C@@]1(O)C(=O)OCc2c1cc1n(c2=O)Cc2cc3c(NC(=O)[C@H](C)NC(=O)C(CCCCNC(S)Nc4ccc(O[C@H]5O[C@@H](C)[C@@H](O)[C@@H](OC)[C@@H]5O)cc4)NC(=S)Nc4ccc(O[C@H]5O[C@@H](C)[C@@H](O)[C@@H](OC)[C@@H]5O)cc4)cccc3nc2-1. The van der Waals surface area contributed by atoms with E-state index in [2.05, 4.69) is 44.5 Å². The normalized spacial score (nSPS) is 26.5. The Hall–Kier alpha value is -6.53. The number of cyclic esters (lactones) is 1. The Morgan fingerprint density at radius 2 is 1.45 bits per heavy atom. The maximum absolute atomic E-state index is 14.2. The van der Waals surface area contributed by atoms with Crippen LogP contribution in [0.1, 0.15) is 70.1 Å². The van der Waals surface area contributed by atoms with E-state index >= 15 is 0 Å². The quantitative estimate of drug-likeness (QED) is 0.0162. The fraction of sp³-hybridized carbons (Fsp3) is 0.474. The van der Waals surface area contributed by atoms with E-state index in [1.807, 2.05) is 6.07 Å². The summed E-state index contributed by atoms with van der Waals surface area (Å²) in [6, 6.07) is 20.3. The molecule has 24 nitrogen and oxygen atoms in total. The number of aromatic nitrogens is 2. The smallest absolute Gasteiger partial charge is 0.343 e. The number of aliphatic hydroxyl groups excluding tert-OH is 4. The second-order valence-electron chi connectivity index (χ2n) is 20.9. The van der Waals surface area contributed by atoms with E-state index in [-0.39, 0.29) is 35.8 Å². The van der Waals surface area contributed by atoms with Gasteiger partial charge in [0.05, 0.1) is 46.9 Å². The predicted molar refractivity (Wildman–Crippen MR) is 311 cm³/mol. The van der Waals surface area contributed by atoms with E-state index < -0.39 is 108 Å². The molecule has 2 amide bonds. The fourth-order valence-electron chi connectivity index (χ4n) is 10.5. The maximum Gasteiger partial charge on any atom is 0.343 e. The van der Waals surface area contributed by atoms with Gasteiger partial charge in [-0.2, -0.15) is 0 Å². The highest BCUT2D eigenvalue weighted by Gasteiger charge is 2.47. The summed E-state index contributed by atoms with van der Waals surface area (Å²) >= 11 is 10.4. The van der Waals surface area contributed by atoms with Crippen LogP contribution in [0.3, 0.4) is 0 Å². The number of rotatable bonds is 21. The summed E-state index contributed by atoms with van der Waals surface area (Å²) < 4.78 is 40.4. The number of hydrogen-bond acceptors (Lipinski definition) is 21. The van der Waals surface area contributed by atoms with Crippen LogP contribution in [0.5, 0.6) is 11.5 Å². The number of ether oxygens (including phenoxy) is 7. The molecule has 6 heterocycles. The van der Waals surface area contributed by atoms with Crippen molar-refractivity contribution in [3.8, 4) is 22.9 Å². The number of carbonyl (C=O) groups is 3. The second kappa shape index (κ2) is 26.2. The molecule has 11 N–H and O–H groups in total. The minimum atomic E-state index is -1.98. The molecule has 14 atom stereocenters. The van der Waals surface area contributed by atoms with Crippen LogP contribution in [-0.4, -0.2) is 158 Å². The van der Waals surface area contributed by atoms with Crippen LogP contribution in [0.25, 0.3) is 22.3 Å². The third kappa shape index (κ3) is 13.2. The van der Waals surface area contributed by atoms with Crippen molar-refractivity contribution < 1.29 is 73.1 Å². The number of esters is 1. The molecule has 9 rings (SSSR count). The minimum absolute atomic E-state index is 0.00712. The average Bonchev–Trinajstić information content (AvgIpc) is 4.12. The van der Waals surface area contributed by atoms with Gasteiger partial charge in [-0.15, -0.1) is 12.6 Å². The van der Waals surface area contributed by atoms with Crippen LogP contribution in [0.2, 0.25) is 0 Å². The highest BCUT2D eigenvalue weighted by Crippen LogP contribution is 2.40. The summed E-state index contributed by atoms with van der Waals surface area (Å²) in [4.78, 5) is 59.5. The number of nitrogens with zero attached hydrogens (tertiary/aromatic N) is 2. The predicted octanol–water partition coefficient (Wildman–Crippen LogP) is 2.68. The zero-order valence-corrected chi connectivity index (χ0v) is 48.1. The van der Waals surface area contributed by atoms with Crippen molar-refractivity contribution in [2.75, 3.05) is 36.7 Å². The summed E-state index contributed by atoms with van der Waals surface area (Å²) in [6.45, 7) is 6.90. The second-order valence-corrected chi connectivity index (χ2v) is 21.8. The van der Waals surface area contributed by atoms with Crippen molar-refractivity contribution in [1.29, 1.82) is 0 Å². The Balaban J connectivity index is 0.825. The molecule has 446 valence electrons. The summed E-state index contributed by atoms with van der Waals surface area (Å²) in [6.07, 6.45) is -8.37. The van der Waals surface area contributed by atoms with Gasteiger partial charge in [-0.1, -0.05) is 13.0 Å². The monoisotopic (exact) mass is 1190 g/mol. The van der Waals surface area contributed by atoms with Gasteiger partial charge >= 0.3 is 5.97 Å². The van der Waals surface area contributed by atoms with Crippen molar-refractivity contribution in [3.05, 3.63) is 106 Å². The minimum Gasteiger partial charge on any atom is -0.462 e. The third-order valence-corrected chi connectivity index (χ3v) is 15.9. The largest absolute Gasteiger partial charge is 0.462 e. The molecule has 2 saturated heterocycles. The first-order valence-electron chi connectivity index (χ1n) is 27.3. The number of methoxy groups -OCH3 is 2. The molecule has 5 aromatic rings. The number of aliphatic hydroxyl groups is 5. The van der Waals surface area contributed by atoms with Gasteiger partial charge in [0, 0.05) is 42.1 Å². The highest BCUT2D eigenvalue weighted by molar-refractivity contribution is 7.81. The molecule has 26 heteroatoms. The number of anilines is 3. The van der Waals surface area contributed by atoms with E-state index in [9.17, 15) is 44.7 Å². The van der Waals surface area contributed by atoms with E-state index in [1.54, 1.807) is 100 Å². The van der Waals surface area contributed by atoms with Crippen LogP contribution in [0, 0.1) is 0 Å². The Morgan fingerprint density at radius 3 is 2.05 bits per heavy atom. The maximum atomic E-state index is 14.2. The number of fused-ring (bicyclic) bond motifs is 5. The molecule has 2 fully saturated rings. The van der Waals surface area contributed by atoms with Crippen LogP contribution < -0.4 is 46.9 Å². The lowest BCUT2D eigenvalue weighted by atomic mass is 9.86. The zero-order chi connectivity index (χ0) is 59.4. The number of unbranched alkanes of at least 4 members (excludes halogenated alkanes) is 1. The molecule has 4 aliphatic rings. The first kappa shape index (κ1) is 61.0. The van der Waals surface area contributed by atoms with Crippen LogP contribution in [0.4, 0.5) is 17.1 Å². The molecule has 0 bridgehead atoms. The standard InChI is InChI=1S/C57H70N8O16S2/c1-7-57(74)37-24-41-42-30(25-65(41)51(72)36(37)26-77-54(57)73)23-35-38(62-42)12-10-13-39(35)63-49(70)27(2)59-50(71)40(64-56(83)61-32-16-20-34(21-17-32)81-53-46(69)48(76-6)44(67)29(4)79-53)11-8-9-22-58-55(82)60-31-14-18-33(19-15-31)80-52-45(68)47(75-5)43(66)28(3)78-52/h10,12-21,23-24,27-29,40,43-48,52-53,55,58,60,66-69,74,82H,7-9,11,22,25-26H2,1-6H3,(H,59,71)(H,63,70)(H2,61,64,83)/t27-,28-,29-,40?,43+,44+,45-,46-,47+,48+,52+,53+,55?,57-/m0/s1. The van der Waals surface area contributed by atoms with Crippen LogP contribution in [-0.2, 0) is 56.8 Å². The van der Waals surface area contributed by atoms with Gasteiger partial charge in [-0.3, -0.25) is 19.7 Å². The first-order chi connectivity index (χ1) is 39.7. The van der Waals surface area contributed by atoms with Gasteiger partial charge < -0.3 is 89.8 Å². The Bertz CT molecular complexity index is 3230. The fourth-order valence-corrected chi connectivity index (χ4v) is 11.0. The molecular weight excluding hydrogens is 1120 g/mol. The number of pyridine rings is 2. The highest BCUT2D eigenvalue weighted by atomic mass is 32.1. The summed E-state index contributed by atoms with van der Waals surface area (Å²) in [5.74, 6) is -1.06. The van der Waals surface area contributed by atoms with E-state index in [0.29, 0.717) is 76.5 Å². The van der Waals surface area contributed by atoms with E-state index in [0.717, 1.165) is 5.69 Å². The number of thiol groups is 1. The topological polar surface area (TPSA) is 324 Å². The van der Waals surface area contributed by atoms with Gasteiger partial charge in [-0.05, 0) is 138 Å². The number of hydrogen-bond donors (Lipinski definition) is 12. The van der Waals surface area contributed by atoms with Gasteiger partial charge in [0.1, 0.15) is 72.3 Å². The Kier molecular flexibility index (Phi) is 19.2. The number of carbonyl (C=O) groups excluding carboxylic acids is 3. The van der Waals surface area contributed by atoms with Crippen molar-refractivity contribution in [2.45, 2.75) is 151 Å². The van der Waals surface area contributed by atoms with E-state index in [4.69, 9.17) is 50.4 Å². The number of benzene rings is 3. The molecule has 2 aromatic heterocycles. The zero-order valence-electron chi connectivity index (χ0n) is 46.4. The van der Waals surface area contributed by atoms with Gasteiger partial charge in [0.15, 0.2) is 10.7 Å². The molecule has 2 unspecified atom stereocenters. The molecular formula is C57H70N8O16S2. The molecule has 0 radical (unpaired) electrons. The first-order valence-corrected chi connectivity index (χ1v) is 28.2. The molecule has 0 spiro atoms. The lowest BCUT2D eigenvalue weighted by Crippen LogP contribution is -2.59. The number of amides is 2. The molecule has 83 heavy (non-hydrogen) atoms. The lowest BCUT2D eigenvalue weighted by Gasteiger charge is -2.40. The van der Waals surface area contributed by atoms with Crippen molar-refractivity contribution in [1.82, 2.24) is 25.5 Å². The molecule has 3 aromatic carbocycles. The molecule has 4 aliphatic heterocycles. The Labute approximate surface area is 488 Å². The van der Waals surface area contributed by atoms with Gasteiger partial charge in [-0.25, -0.2) is 9.78 Å². The average molecular weight is 1190 g/mol. The number of nitrogens with one attached hydrogen (secondary N) is 6. The van der Waals surface area contributed by atoms with Gasteiger partial charge in [0.2, 0.25) is 24.4 Å². The van der Waals surface area contributed by atoms with Crippen molar-refractivity contribution >= 4 is 75.7 Å². The van der Waals surface area contributed by atoms with Crippen molar-refractivity contribution in [2.24, 2.45) is 0 Å². The van der Waals surface area contributed by atoms with Crippen LogP contribution in [0.15, 0.2) is 83.7 Å². The third-order valence-electron chi connectivity index (χ3n) is 15.3. The summed E-state index contributed by atoms with van der Waals surface area (Å²) in [5.41, 5.74) is 1.36. The van der Waals surface area contributed by atoms with E-state index in [1.165, 1.54) is 18.8 Å². The summed E-state index contributed by atoms with van der Waals surface area (Å²) in [5, 5.41) is 72.6. The number of thiocarbonyl (C=S) groups is 1. The Morgan fingerprint density at radius 1 is 0.831 bits per heavy atom. The van der Waals surface area contributed by atoms with Crippen LogP contribution >= 0.6 is 24.8 Å². The molecule has 0 saturated carbocycles. The summed E-state index contributed by atoms with van der Waals surface area (Å²) in [7, 11) is 2.78. The van der Waals surface area contributed by atoms with Gasteiger partial charge in [0.25, 0.3) is 5.56 Å².